The molecule has 0 bridgehead atoms. The van der Waals surface area contributed by atoms with E-state index < -0.39 is 6.10 Å². The van der Waals surface area contributed by atoms with Crippen LogP contribution in [0.5, 0.6) is 5.75 Å². The van der Waals surface area contributed by atoms with Crippen molar-refractivity contribution in [3.8, 4) is 5.75 Å². The number of para-hydroxylation sites is 1. The molecule has 0 aliphatic heterocycles. The van der Waals surface area contributed by atoms with E-state index in [9.17, 15) is 4.79 Å². The Bertz CT molecular complexity index is 449. The second kappa shape index (κ2) is 8.27. The molecule has 0 heterocycles. The lowest BCUT2D eigenvalue weighted by Gasteiger charge is -2.19. The third-order valence-electron chi connectivity index (χ3n) is 2.76. The van der Waals surface area contributed by atoms with Crippen molar-refractivity contribution in [2.75, 3.05) is 6.54 Å². The van der Waals surface area contributed by atoms with E-state index in [1.165, 1.54) is 0 Å². The lowest BCUT2D eigenvalue weighted by atomic mass is 10.2. The highest BCUT2D eigenvalue weighted by molar-refractivity contribution is 9.10. The average Bonchev–Trinajstić information content (AvgIpc) is 2.39. The molecule has 1 amide bonds. The Kier molecular flexibility index (Phi) is 7.02. The maximum absolute atomic E-state index is 11.8. The molecule has 4 nitrogen and oxygen atoms in total. The molecule has 112 valence electrons. The van der Waals surface area contributed by atoms with Gasteiger partial charge in [-0.05, 0) is 35.8 Å². The van der Waals surface area contributed by atoms with E-state index >= 15 is 0 Å². The van der Waals surface area contributed by atoms with Gasteiger partial charge in [-0.25, -0.2) is 0 Å². The molecule has 20 heavy (non-hydrogen) atoms. The second-order valence-electron chi connectivity index (χ2n) is 4.92. The van der Waals surface area contributed by atoms with Gasteiger partial charge in [0, 0.05) is 24.7 Å². The fourth-order valence-electron chi connectivity index (χ4n) is 1.69. The van der Waals surface area contributed by atoms with Crippen LogP contribution in [0.3, 0.4) is 0 Å². The van der Waals surface area contributed by atoms with Crippen molar-refractivity contribution in [3.63, 3.8) is 0 Å². The minimum atomic E-state index is -0.522. The molecule has 1 rings (SSSR count). The first-order valence-corrected chi connectivity index (χ1v) is 7.70. The number of ether oxygens (including phenoxy) is 1. The summed E-state index contributed by atoms with van der Waals surface area (Å²) in [6.45, 7) is 9.13. The lowest BCUT2D eigenvalue weighted by Crippen LogP contribution is -2.36. The summed E-state index contributed by atoms with van der Waals surface area (Å²) in [6.07, 6.45) is -0.522. The number of hydrogen-bond donors (Lipinski definition) is 2. The summed E-state index contributed by atoms with van der Waals surface area (Å²) in [5.41, 5.74) is 1.03. The largest absolute Gasteiger partial charge is 0.479 e. The lowest BCUT2D eigenvalue weighted by molar-refractivity contribution is -0.127. The first-order valence-electron chi connectivity index (χ1n) is 6.90. The number of nitrogens with one attached hydrogen (secondary N) is 2. The highest BCUT2D eigenvalue weighted by Gasteiger charge is 2.17. The van der Waals surface area contributed by atoms with Crippen molar-refractivity contribution >= 4 is 21.8 Å². The van der Waals surface area contributed by atoms with Gasteiger partial charge in [-0.3, -0.25) is 4.79 Å². The van der Waals surface area contributed by atoms with Crippen molar-refractivity contribution < 1.29 is 9.53 Å². The molecule has 0 radical (unpaired) electrons. The molecule has 2 N–H and O–H groups in total. The molecule has 0 aromatic heterocycles. The zero-order chi connectivity index (χ0) is 15.1. The Labute approximate surface area is 129 Å². The Balaban J connectivity index is 2.84. The minimum absolute atomic E-state index is 0.106. The molecular formula is C15H23BrN2O2. The smallest absolute Gasteiger partial charge is 0.260 e. The van der Waals surface area contributed by atoms with E-state index in [1.807, 2.05) is 25.1 Å². The maximum Gasteiger partial charge on any atom is 0.260 e. The third-order valence-corrected chi connectivity index (χ3v) is 3.39. The standard InChI is InChI=1S/C15H23BrN2O2/c1-5-17-15(19)11(4)20-14-12(9-18-10(2)3)7-6-8-13(14)16/h6-8,10-11,18H,5,9H2,1-4H3,(H,17,19). The number of benzene rings is 1. The number of rotatable bonds is 7. The topological polar surface area (TPSA) is 50.4 Å². The van der Waals surface area contributed by atoms with E-state index in [-0.39, 0.29) is 5.91 Å². The van der Waals surface area contributed by atoms with Crippen LogP contribution in [0.1, 0.15) is 33.3 Å². The third kappa shape index (κ3) is 5.13. The summed E-state index contributed by atoms with van der Waals surface area (Å²) in [5, 5.41) is 6.12. The van der Waals surface area contributed by atoms with Crippen LogP contribution in [0.25, 0.3) is 0 Å². The molecule has 0 fully saturated rings. The van der Waals surface area contributed by atoms with E-state index in [0.717, 1.165) is 15.8 Å². The molecule has 0 spiro atoms. The number of carbonyl (C=O) groups is 1. The van der Waals surface area contributed by atoms with Crippen LogP contribution in [0.15, 0.2) is 22.7 Å². The van der Waals surface area contributed by atoms with Crippen molar-refractivity contribution in [1.29, 1.82) is 0 Å². The Hall–Kier alpha value is -1.07. The second-order valence-corrected chi connectivity index (χ2v) is 5.77. The molecule has 0 saturated carbocycles. The monoisotopic (exact) mass is 342 g/mol. The van der Waals surface area contributed by atoms with E-state index in [4.69, 9.17) is 4.74 Å². The van der Waals surface area contributed by atoms with Gasteiger partial charge in [0.25, 0.3) is 5.91 Å². The molecule has 5 heteroatoms. The van der Waals surface area contributed by atoms with Gasteiger partial charge >= 0.3 is 0 Å². The van der Waals surface area contributed by atoms with E-state index in [0.29, 0.717) is 19.1 Å². The van der Waals surface area contributed by atoms with Crippen molar-refractivity contribution in [3.05, 3.63) is 28.2 Å². The SMILES string of the molecule is CCNC(=O)C(C)Oc1c(Br)cccc1CNC(C)C. The zero-order valence-electron chi connectivity index (χ0n) is 12.5. The highest BCUT2D eigenvalue weighted by atomic mass is 79.9. The summed E-state index contributed by atoms with van der Waals surface area (Å²) in [6, 6.07) is 6.27. The molecule has 0 aliphatic carbocycles. The van der Waals surface area contributed by atoms with Gasteiger partial charge in [0.05, 0.1) is 4.47 Å². The first-order chi connectivity index (χ1) is 9.45. The molecule has 1 atom stereocenters. The summed E-state index contributed by atoms with van der Waals surface area (Å²) in [7, 11) is 0. The van der Waals surface area contributed by atoms with Crippen molar-refractivity contribution in [2.24, 2.45) is 0 Å². The predicted octanol–water partition coefficient (Wildman–Crippen LogP) is 2.85. The Morgan fingerprint density at radius 3 is 2.65 bits per heavy atom. The van der Waals surface area contributed by atoms with Gasteiger partial charge in [0.1, 0.15) is 5.75 Å². The molecule has 1 unspecified atom stereocenters. The number of hydrogen-bond acceptors (Lipinski definition) is 3. The van der Waals surface area contributed by atoms with E-state index in [1.54, 1.807) is 6.92 Å². The summed E-state index contributed by atoms with van der Waals surface area (Å²) in [4.78, 5) is 11.8. The molecule has 0 aliphatic rings. The number of carbonyl (C=O) groups excluding carboxylic acids is 1. The first kappa shape index (κ1) is 17.0. The maximum atomic E-state index is 11.8. The quantitative estimate of drug-likeness (QED) is 0.800. The van der Waals surface area contributed by atoms with Crippen LogP contribution in [0.4, 0.5) is 0 Å². The van der Waals surface area contributed by atoms with Gasteiger partial charge in [0.2, 0.25) is 0 Å². The summed E-state index contributed by atoms with van der Waals surface area (Å²) >= 11 is 3.49. The van der Waals surface area contributed by atoms with E-state index in [2.05, 4.69) is 40.4 Å². The van der Waals surface area contributed by atoms with Gasteiger partial charge in [-0.15, -0.1) is 0 Å². The Morgan fingerprint density at radius 2 is 2.05 bits per heavy atom. The molecule has 0 saturated heterocycles. The minimum Gasteiger partial charge on any atom is -0.479 e. The predicted molar refractivity (Wildman–Crippen MR) is 84.9 cm³/mol. The van der Waals surface area contributed by atoms with Crippen LogP contribution >= 0.6 is 15.9 Å². The van der Waals surface area contributed by atoms with Crippen molar-refractivity contribution in [2.45, 2.75) is 46.4 Å². The van der Waals surface area contributed by atoms with Gasteiger partial charge < -0.3 is 15.4 Å². The number of likely N-dealkylation sites (N-methyl/N-ethyl adjacent to an activating group) is 1. The molecule has 1 aromatic rings. The van der Waals surface area contributed by atoms with Crippen LogP contribution < -0.4 is 15.4 Å². The normalized spacial score (nSPS) is 12.3. The van der Waals surface area contributed by atoms with Crippen LogP contribution in [-0.2, 0) is 11.3 Å². The van der Waals surface area contributed by atoms with Crippen LogP contribution in [0.2, 0.25) is 0 Å². The zero-order valence-corrected chi connectivity index (χ0v) is 14.1. The fourth-order valence-corrected chi connectivity index (χ4v) is 2.19. The highest BCUT2D eigenvalue weighted by Crippen LogP contribution is 2.30. The van der Waals surface area contributed by atoms with Gasteiger partial charge in [-0.1, -0.05) is 26.0 Å². The summed E-state index contributed by atoms with van der Waals surface area (Å²) < 4.78 is 6.68. The van der Waals surface area contributed by atoms with Crippen LogP contribution in [0, 0.1) is 0 Å². The molecule has 1 aromatic carbocycles. The average molecular weight is 343 g/mol. The summed E-state index contributed by atoms with van der Waals surface area (Å²) in [5.74, 6) is 0.616. The Morgan fingerprint density at radius 1 is 1.35 bits per heavy atom. The molecular weight excluding hydrogens is 320 g/mol. The number of amides is 1. The van der Waals surface area contributed by atoms with Crippen molar-refractivity contribution in [1.82, 2.24) is 10.6 Å². The number of halogens is 1. The van der Waals surface area contributed by atoms with Gasteiger partial charge in [-0.2, -0.15) is 0 Å². The van der Waals surface area contributed by atoms with Gasteiger partial charge in [0.15, 0.2) is 6.10 Å². The van der Waals surface area contributed by atoms with Crippen LogP contribution in [-0.4, -0.2) is 24.6 Å². The fraction of sp³-hybridized carbons (Fsp3) is 0.533.